The molecule has 0 radical (unpaired) electrons. The second kappa shape index (κ2) is 11.3. The highest BCUT2D eigenvalue weighted by Crippen LogP contribution is 2.63. The van der Waals surface area contributed by atoms with Gasteiger partial charge in [0.15, 0.2) is 0 Å². The zero-order chi connectivity index (χ0) is 32.1. The minimum Gasteiger partial charge on any atom is -0.478 e. The Labute approximate surface area is 250 Å². The summed E-state index contributed by atoms with van der Waals surface area (Å²) < 4.78 is 58.8. The van der Waals surface area contributed by atoms with Crippen molar-refractivity contribution in [3.63, 3.8) is 0 Å². The number of nitrogens with zero attached hydrogens (tertiary/aromatic N) is 3. The zero-order valence-corrected chi connectivity index (χ0v) is 24.8. The summed E-state index contributed by atoms with van der Waals surface area (Å²) in [6, 6.07) is 2.76. The summed E-state index contributed by atoms with van der Waals surface area (Å²) in [6.07, 6.45) is -2.80. The Morgan fingerprint density at radius 3 is 2.33 bits per heavy atom. The van der Waals surface area contributed by atoms with Crippen molar-refractivity contribution in [3.05, 3.63) is 75.7 Å². The lowest BCUT2D eigenvalue weighted by Gasteiger charge is -2.31. The summed E-state index contributed by atoms with van der Waals surface area (Å²) >= 11 is 6.40. The highest BCUT2D eigenvalue weighted by Gasteiger charge is 2.65. The van der Waals surface area contributed by atoms with Crippen LogP contribution in [0.5, 0.6) is 0 Å². The Morgan fingerprint density at radius 1 is 1.19 bits per heavy atom. The maximum atomic E-state index is 15.2. The highest BCUT2D eigenvalue weighted by atomic mass is 35.5. The number of allylic oxidation sites excluding steroid dienone is 5. The standard InChI is InChI=1S/C30H31ClF4N4O4/c1-6-19(29(11-12-29)30(33,34)35)23(20(31)7-2)25(40)39-22-15-38(27(43)36-28(3,4)5)13-10-18(22)24(37-39)17-9-8-16(26(41)42)14-21(17)32/h6-9,14H,1,10-13,15H2,2-5H3,(H,36,43)(H,41,42)/b20-7+,23-19-. The number of carboxylic acid groups (broad SMARTS) is 1. The predicted octanol–water partition coefficient (Wildman–Crippen LogP) is 6.86. The van der Waals surface area contributed by atoms with Crippen LogP contribution in [0.2, 0.25) is 0 Å². The second-order valence-corrected chi connectivity index (χ2v) is 12.0. The molecule has 2 heterocycles. The van der Waals surface area contributed by atoms with Gasteiger partial charge >= 0.3 is 18.2 Å². The first-order valence-corrected chi connectivity index (χ1v) is 13.9. The molecular formula is C30H31ClF4N4O4. The number of hydrogen-bond acceptors (Lipinski definition) is 4. The average Bonchev–Trinajstić information content (AvgIpc) is 3.65. The molecule has 1 aromatic carbocycles. The van der Waals surface area contributed by atoms with Gasteiger partial charge in [-0.1, -0.05) is 30.3 Å². The van der Waals surface area contributed by atoms with Gasteiger partial charge in [-0.2, -0.15) is 23.0 Å². The number of carboxylic acids is 1. The number of aromatic carboxylic acids is 1. The first-order valence-electron chi connectivity index (χ1n) is 13.5. The Kier molecular flexibility index (Phi) is 8.40. The molecule has 2 N–H and O–H groups in total. The van der Waals surface area contributed by atoms with E-state index in [1.807, 2.05) is 0 Å². The van der Waals surface area contributed by atoms with Crippen LogP contribution >= 0.6 is 11.6 Å². The molecule has 13 heteroatoms. The van der Waals surface area contributed by atoms with Crippen molar-refractivity contribution >= 4 is 29.5 Å². The summed E-state index contributed by atoms with van der Waals surface area (Å²) in [7, 11) is 0. The third-order valence-corrected chi connectivity index (χ3v) is 7.89. The number of carbonyl (C=O) groups is 3. The van der Waals surface area contributed by atoms with E-state index in [0.29, 0.717) is 5.56 Å². The summed E-state index contributed by atoms with van der Waals surface area (Å²) in [4.78, 5) is 40.0. The Balaban J connectivity index is 1.94. The highest BCUT2D eigenvalue weighted by molar-refractivity contribution is 6.35. The van der Waals surface area contributed by atoms with Gasteiger partial charge in [-0.15, -0.1) is 0 Å². The molecule has 2 aliphatic rings. The Morgan fingerprint density at radius 2 is 1.84 bits per heavy atom. The number of benzene rings is 1. The van der Waals surface area contributed by atoms with Gasteiger partial charge in [0.2, 0.25) is 0 Å². The van der Waals surface area contributed by atoms with E-state index in [0.717, 1.165) is 16.8 Å². The Hall–Kier alpha value is -3.93. The number of carbonyl (C=O) groups excluding carboxylic acids is 2. The lowest BCUT2D eigenvalue weighted by atomic mass is 9.89. The van der Waals surface area contributed by atoms with Gasteiger partial charge in [-0.3, -0.25) is 4.79 Å². The van der Waals surface area contributed by atoms with Crippen molar-refractivity contribution in [2.45, 2.75) is 65.2 Å². The zero-order valence-electron chi connectivity index (χ0n) is 24.0. The summed E-state index contributed by atoms with van der Waals surface area (Å²) in [5.41, 5.74) is -3.61. The molecular weight excluding hydrogens is 592 g/mol. The van der Waals surface area contributed by atoms with Crippen molar-refractivity contribution in [3.8, 4) is 11.3 Å². The number of urea groups is 1. The minimum absolute atomic E-state index is 0.00160. The maximum Gasteiger partial charge on any atom is 0.398 e. The van der Waals surface area contributed by atoms with Gasteiger partial charge in [0.05, 0.1) is 34.5 Å². The van der Waals surface area contributed by atoms with Crippen LogP contribution in [0.15, 0.2) is 53.1 Å². The minimum atomic E-state index is -4.68. The molecule has 0 spiro atoms. The third kappa shape index (κ3) is 5.97. The smallest absolute Gasteiger partial charge is 0.398 e. The first-order chi connectivity index (χ1) is 20.0. The van der Waals surface area contributed by atoms with Gasteiger partial charge < -0.3 is 15.3 Å². The fourth-order valence-corrected chi connectivity index (χ4v) is 5.36. The number of rotatable bonds is 6. The van der Waals surface area contributed by atoms with E-state index in [9.17, 15) is 32.7 Å². The number of alkyl halides is 3. The average molecular weight is 623 g/mol. The van der Waals surface area contributed by atoms with Crippen LogP contribution in [-0.2, 0) is 13.0 Å². The van der Waals surface area contributed by atoms with Gasteiger partial charge in [0.25, 0.3) is 5.91 Å². The first kappa shape index (κ1) is 32.0. The number of hydrogen-bond donors (Lipinski definition) is 2. The van der Waals surface area contributed by atoms with Crippen LogP contribution in [-0.4, -0.2) is 56.0 Å². The van der Waals surface area contributed by atoms with Crippen molar-refractivity contribution in [2.24, 2.45) is 5.41 Å². The van der Waals surface area contributed by atoms with Crippen LogP contribution < -0.4 is 5.32 Å². The normalized spacial score (nSPS) is 17.1. The molecule has 4 rings (SSSR count). The number of amides is 2. The lowest BCUT2D eigenvalue weighted by Crippen LogP contribution is -2.50. The molecule has 1 aliphatic heterocycles. The molecule has 0 saturated heterocycles. The van der Waals surface area contributed by atoms with E-state index in [-0.39, 0.29) is 59.9 Å². The SMILES string of the molecule is C=C/C(=C(C(=O)n1nc(-c2ccc(C(=O)O)cc2F)c2c1CN(C(=O)NC(C)(C)C)CC2)\C(Cl)=C/C)C1(C(F)(F)F)CC1. The molecule has 1 aliphatic carbocycles. The van der Waals surface area contributed by atoms with E-state index in [4.69, 9.17) is 11.6 Å². The largest absolute Gasteiger partial charge is 0.478 e. The molecule has 43 heavy (non-hydrogen) atoms. The fourth-order valence-electron chi connectivity index (χ4n) is 5.18. The van der Waals surface area contributed by atoms with Crippen LogP contribution in [0.3, 0.4) is 0 Å². The lowest BCUT2D eigenvalue weighted by molar-refractivity contribution is -0.174. The molecule has 2 amide bonds. The summed E-state index contributed by atoms with van der Waals surface area (Å²) in [5, 5.41) is 16.2. The number of aromatic nitrogens is 2. The maximum absolute atomic E-state index is 15.2. The van der Waals surface area contributed by atoms with Crippen LogP contribution in [0.25, 0.3) is 11.3 Å². The molecule has 0 atom stereocenters. The predicted molar refractivity (Wildman–Crippen MR) is 152 cm³/mol. The molecule has 0 bridgehead atoms. The number of nitrogens with one attached hydrogen (secondary N) is 1. The van der Waals surface area contributed by atoms with Crippen LogP contribution in [0.1, 0.15) is 66.9 Å². The van der Waals surface area contributed by atoms with Crippen LogP contribution in [0, 0.1) is 11.2 Å². The van der Waals surface area contributed by atoms with Gasteiger partial charge in [0, 0.05) is 28.2 Å². The van der Waals surface area contributed by atoms with E-state index in [1.54, 1.807) is 20.8 Å². The third-order valence-electron chi connectivity index (χ3n) is 7.48. The van der Waals surface area contributed by atoms with E-state index < -0.39 is 52.0 Å². The van der Waals surface area contributed by atoms with E-state index in [2.05, 4.69) is 17.0 Å². The second-order valence-electron chi connectivity index (χ2n) is 11.6. The fraction of sp³-hybridized carbons (Fsp3) is 0.400. The van der Waals surface area contributed by atoms with Crippen molar-refractivity contribution in [1.82, 2.24) is 20.0 Å². The van der Waals surface area contributed by atoms with Gasteiger partial charge in [-0.25, -0.2) is 14.0 Å². The van der Waals surface area contributed by atoms with Gasteiger partial charge in [0.1, 0.15) is 5.82 Å². The molecule has 1 saturated carbocycles. The quantitative estimate of drug-likeness (QED) is 0.208. The molecule has 2 aromatic rings. The molecule has 8 nitrogen and oxygen atoms in total. The summed E-state index contributed by atoms with van der Waals surface area (Å²) in [5.74, 6) is -3.27. The molecule has 230 valence electrons. The Bertz CT molecular complexity index is 1580. The van der Waals surface area contributed by atoms with Crippen molar-refractivity contribution < 1.29 is 37.1 Å². The van der Waals surface area contributed by atoms with E-state index in [1.165, 1.54) is 30.0 Å². The van der Waals surface area contributed by atoms with E-state index >= 15 is 4.39 Å². The molecule has 1 aromatic heterocycles. The summed E-state index contributed by atoms with van der Waals surface area (Å²) in [6.45, 7) is 10.4. The number of halogens is 5. The number of fused-ring (bicyclic) bond motifs is 1. The van der Waals surface area contributed by atoms with Crippen molar-refractivity contribution in [2.75, 3.05) is 6.54 Å². The molecule has 1 fully saturated rings. The molecule has 0 unspecified atom stereocenters. The monoisotopic (exact) mass is 622 g/mol. The van der Waals surface area contributed by atoms with Gasteiger partial charge in [-0.05, 0) is 70.7 Å². The van der Waals surface area contributed by atoms with Crippen LogP contribution in [0.4, 0.5) is 22.4 Å². The topological polar surface area (TPSA) is 105 Å². The van der Waals surface area contributed by atoms with Crippen molar-refractivity contribution in [1.29, 1.82) is 0 Å².